The minimum atomic E-state index is -1.38. The lowest BCUT2D eigenvalue weighted by Gasteiger charge is -2.17. The Kier molecular flexibility index (Phi) is 6.16. The number of carbonyl (C=O) groups is 2. The first-order valence-corrected chi connectivity index (χ1v) is 5.23. The highest BCUT2D eigenvalue weighted by Crippen LogP contribution is 2.21. The fraction of sp³-hybridized carbons (Fsp3) is 0.727. The number of hydrogen-bond acceptors (Lipinski definition) is 4. The number of carbonyl (C=O) groups excluding carboxylic acids is 1. The summed E-state index contributed by atoms with van der Waals surface area (Å²) in [5.41, 5.74) is 0. The second-order valence-corrected chi connectivity index (χ2v) is 3.93. The van der Waals surface area contributed by atoms with E-state index in [0.717, 1.165) is 0 Å². The minimum Gasteiger partial charge on any atom is -0.481 e. The highest BCUT2D eigenvalue weighted by molar-refractivity contribution is 5.94. The van der Waals surface area contributed by atoms with Gasteiger partial charge in [-0.3, -0.25) is 9.59 Å². The summed E-state index contributed by atoms with van der Waals surface area (Å²) in [6.07, 6.45) is 0.367. The van der Waals surface area contributed by atoms with Gasteiger partial charge in [0, 0.05) is 0 Å². The van der Waals surface area contributed by atoms with Gasteiger partial charge < -0.3 is 9.84 Å². The van der Waals surface area contributed by atoms with Gasteiger partial charge in [-0.25, -0.2) is 0 Å². The average Bonchev–Trinajstić information content (AvgIpc) is 2.15. The van der Waals surface area contributed by atoms with Crippen LogP contribution in [0.3, 0.4) is 0 Å². The van der Waals surface area contributed by atoms with E-state index in [-0.39, 0.29) is 12.5 Å². The summed E-state index contributed by atoms with van der Waals surface area (Å²) in [4.78, 5) is 22.4. The maximum atomic E-state index is 11.4. The highest BCUT2D eigenvalue weighted by Gasteiger charge is 2.36. The Morgan fingerprint density at radius 2 is 2.00 bits per heavy atom. The first-order chi connectivity index (χ1) is 7.43. The quantitative estimate of drug-likeness (QED) is 0.548. The standard InChI is InChI=1S/C11H17NO4/c1-4-16-11(15)9(10(13)14)8(6-12)5-7(2)3/h7-9H,4-5H2,1-3H3,(H,13,14)/t8-,9+/m0/s1. The van der Waals surface area contributed by atoms with Crippen molar-refractivity contribution in [2.45, 2.75) is 27.2 Å². The molecule has 0 bridgehead atoms. The molecular formula is C11H17NO4. The fourth-order valence-corrected chi connectivity index (χ4v) is 1.44. The maximum Gasteiger partial charge on any atom is 0.321 e. The molecule has 16 heavy (non-hydrogen) atoms. The fourth-order valence-electron chi connectivity index (χ4n) is 1.44. The van der Waals surface area contributed by atoms with Gasteiger partial charge in [-0.15, -0.1) is 0 Å². The third kappa shape index (κ3) is 4.30. The lowest BCUT2D eigenvalue weighted by atomic mass is 9.86. The number of rotatable bonds is 6. The smallest absolute Gasteiger partial charge is 0.321 e. The number of aliphatic carboxylic acids is 1. The summed E-state index contributed by atoms with van der Waals surface area (Å²) in [7, 11) is 0. The van der Waals surface area contributed by atoms with Crippen molar-refractivity contribution in [2.24, 2.45) is 17.8 Å². The van der Waals surface area contributed by atoms with E-state index >= 15 is 0 Å². The third-order valence-electron chi connectivity index (χ3n) is 2.10. The molecule has 0 amide bonds. The zero-order valence-electron chi connectivity index (χ0n) is 9.77. The number of esters is 1. The van der Waals surface area contributed by atoms with Crippen molar-refractivity contribution >= 4 is 11.9 Å². The van der Waals surface area contributed by atoms with Gasteiger partial charge in [0.25, 0.3) is 0 Å². The second-order valence-electron chi connectivity index (χ2n) is 3.93. The largest absolute Gasteiger partial charge is 0.481 e. The van der Waals surface area contributed by atoms with Crippen molar-refractivity contribution < 1.29 is 19.4 Å². The molecule has 0 unspecified atom stereocenters. The monoisotopic (exact) mass is 227 g/mol. The van der Waals surface area contributed by atoms with E-state index in [0.29, 0.717) is 6.42 Å². The van der Waals surface area contributed by atoms with Crippen LogP contribution in [0.15, 0.2) is 0 Å². The molecule has 0 aliphatic carbocycles. The van der Waals surface area contributed by atoms with Crippen molar-refractivity contribution in [3.05, 3.63) is 0 Å². The molecule has 1 N–H and O–H groups in total. The molecule has 0 fully saturated rings. The van der Waals surface area contributed by atoms with Gasteiger partial charge in [-0.05, 0) is 19.3 Å². The number of hydrogen-bond donors (Lipinski definition) is 1. The van der Waals surface area contributed by atoms with Crippen LogP contribution >= 0.6 is 0 Å². The molecular weight excluding hydrogens is 210 g/mol. The van der Waals surface area contributed by atoms with Crippen LogP contribution in [0.4, 0.5) is 0 Å². The van der Waals surface area contributed by atoms with E-state index in [1.807, 2.05) is 19.9 Å². The molecule has 90 valence electrons. The van der Waals surface area contributed by atoms with Gasteiger partial charge in [-0.1, -0.05) is 13.8 Å². The Morgan fingerprint density at radius 3 is 2.31 bits per heavy atom. The molecule has 5 heteroatoms. The van der Waals surface area contributed by atoms with Crippen LogP contribution in [0.5, 0.6) is 0 Å². The van der Waals surface area contributed by atoms with Gasteiger partial charge in [0.15, 0.2) is 5.92 Å². The highest BCUT2D eigenvalue weighted by atomic mass is 16.5. The first-order valence-electron chi connectivity index (χ1n) is 5.23. The topological polar surface area (TPSA) is 87.4 Å². The van der Waals surface area contributed by atoms with Crippen LogP contribution in [-0.4, -0.2) is 23.7 Å². The molecule has 0 saturated heterocycles. The van der Waals surface area contributed by atoms with Gasteiger partial charge in [-0.2, -0.15) is 5.26 Å². The Hall–Kier alpha value is -1.57. The molecule has 0 radical (unpaired) electrons. The van der Waals surface area contributed by atoms with E-state index in [9.17, 15) is 9.59 Å². The summed E-state index contributed by atoms with van der Waals surface area (Å²) < 4.78 is 4.66. The average molecular weight is 227 g/mol. The lowest BCUT2D eigenvalue weighted by molar-refractivity contribution is -0.160. The van der Waals surface area contributed by atoms with Crippen molar-refractivity contribution in [3.63, 3.8) is 0 Å². The summed E-state index contributed by atoms with van der Waals surface area (Å²) in [5, 5.41) is 17.8. The molecule has 0 rings (SSSR count). The molecule has 5 nitrogen and oxygen atoms in total. The van der Waals surface area contributed by atoms with Crippen LogP contribution < -0.4 is 0 Å². The van der Waals surface area contributed by atoms with Crippen molar-refractivity contribution in [3.8, 4) is 6.07 Å². The van der Waals surface area contributed by atoms with Crippen molar-refractivity contribution in [2.75, 3.05) is 6.61 Å². The van der Waals surface area contributed by atoms with Crippen LogP contribution in [0, 0.1) is 29.1 Å². The maximum absolute atomic E-state index is 11.4. The Balaban J connectivity index is 4.81. The number of nitrogens with zero attached hydrogens (tertiary/aromatic N) is 1. The molecule has 0 aliphatic rings. The van der Waals surface area contributed by atoms with Crippen molar-refractivity contribution in [1.82, 2.24) is 0 Å². The molecule has 0 heterocycles. The second kappa shape index (κ2) is 6.83. The number of carboxylic acid groups (broad SMARTS) is 1. The Morgan fingerprint density at radius 1 is 1.44 bits per heavy atom. The van der Waals surface area contributed by atoms with Crippen LogP contribution in [0.1, 0.15) is 27.2 Å². The van der Waals surface area contributed by atoms with E-state index in [1.54, 1.807) is 6.92 Å². The van der Waals surface area contributed by atoms with Gasteiger partial charge in [0.05, 0.1) is 18.6 Å². The predicted octanol–water partition coefficient (Wildman–Crippen LogP) is 1.44. The third-order valence-corrected chi connectivity index (χ3v) is 2.10. The molecule has 0 spiro atoms. The van der Waals surface area contributed by atoms with Crippen LogP contribution in [-0.2, 0) is 14.3 Å². The predicted molar refractivity (Wildman–Crippen MR) is 56.3 cm³/mol. The SMILES string of the molecule is CCOC(=O)[C@@H](C(=O)O)[C@H](C#N)CC(C)C. The van der Waals surface area contributed by atoms with E-state index in [2.05, 4.69) is 4.74 Å². The molecule has 0 aromatic carbocycles. The molecule has 0 aromatic rings. The molecule has 0 aromatic heterocycles. The number of nitriles is 1. The summed E-state index contributed by atoms with van der Waals surface area (Å²) >= 11 is 0. The van der Waals surface area contributed by atoms with Gasteiger partial charge in [0.2, 0.25) is 0 Å². The Bertz CT molecular complexity index is 293. The van der Waals surface area contributed by atoms with E-state index in [1.165, 1.54) is 0 Å². The van der Waals surface area contributed by atoms with Crippen LogP contribution in [0.25, 0.3) is 0 Å². The van der Waals surface area contributed by atoms with Gasteiger partial charge in [0.1, 0.15) is 0 Å². The lowest BCUT2D eigenvalue weighted by Crippen LogP contribution is -2.33. The zero-order valence-corrected chi connectivity index (χ0v) is 9.77. The summed E-state index contributed by atoms with van der Waals surface area (Å²) in [5.74, 6) is -4.20. The summed E-state index contributed by atoms with van der Waals surface area (Å²) in [6, 6.07) is 1.87. The Labute approximate surface area is 95.0 Å². The normalized spacial score (nSPS) is 13.9. The van der Waals surface area contributed by atoms with Crippen molar-refractivity contribution in [1.29, 1.82) is 5.26 Å². The number of carboxylic acids is 1. The van der Waals surface area contributed by atoms with E-state index < -0.39 is 23.8 Å². The minimum absolute atomic E-state index is 0.114. The molecule has 2 atom stereocenters. The molecule has 0 aliphatic heterocycles. The molecule has 0 saturated carbocycles. The van der Waals surface area contributed by atoms with E-state index in [4.69, 9.17) is 10.4 Å². The van der Waals surface area contributed by atoms with Gasteiger partial charge >= 0.3 is 11.9 Å². The zero-order chi connectivity index (χ0) is 12.7. The summed E-state index contributed by atoms with van der Waals surface area (Å²) in [6.45, 7) is 5.45. The van der Waals surface area contributed by atoms with Crippen LogP contribution in [0.2, 0.25) is 0 Å². The first kappa shape index (κ1) is 14.4. The number of ether oxygens (including phenoxy) is 1.